The lowest BCUT2D eigenvalue weighted by Gasteiger charge is -1.89. The average molecular weight is 179 g/mol. The molecule has 2 nitrogen and oxygen atoms in total. The Morgan fingerprint density at radius 1 is 1.50 bits per heavy atom. The molecule has 2 rings (SSSR count). The molecule has 3 heteroatoms. The van der Waals surface area contributed by atoms with Crippen molar-refractivity contribution in [3.05, 3.63) is 23.2 Å². The number of nitrogens with zero attached hydrogens (tertiary/aromatic N) is 1. The highest BCUT2D eigenvalue weighted by molar-refractivity contribution is 7.18. The van der Waals surface area contributed by atoms with Crippen LogP contribution in [0.1, 0.15) is 11.9 Å². The van der Waals surface area contributed by atoms with Crippen molar-refractivity contribution in [3.8, 4) is 5.75 Å². The first-order valence-electron chi connectivity index (χ1n) is 3.88. The molecule has 0 atom stereocenters. The predicted octanol–water partition coefficient (Wildman–Crippen LogP) is 2.56. The van der Waals surface area contributed by atoms with E-state index in [1.54, 1.807) is 17.4 Å². The van der Waals surface area contributed by atoms with Crippen LogP contribution in [0.5, 0.6) is 5.75 Å². The van der Waals surface area contributed by atoms with Gasteiger partial charge in [0.2, 0.25) is 0 Å². The predicted molar refractivity (Wildman–Crippen MR) is 50.7 cm³/mol. The zero-order valence-corrected chi connectivity index (χ0v) is 7.56. The number of benzene rings is 1. The molecule has 0 aliphatic rings. The summed E-state index contributed by atoms with van der Waals surface area (Å²) in [5, 5.41) is 10.5. The lowest BCUT2D eigenvalue weighted by molar-refractivity contribution is 0.482. The van der Waals surface area contributed by atoms with Crippen LogP contribution in [-0.2, 0) is 6.42 Å². The van der Waals surface area contributed by atoms with Crippen molar-refractivity contribution in [3.63, 3.8) is 0 Å². The molecule has 0 aliphatic heterocycles. The van der Waals surface area contributed by atoms with Gasteiger partial charge in [-0.2, -0.15) is 0 Å². The fourth-order valence-corrected chi connectivity index (χ4v) is 2.05. The summed E-state index contributed by atoms with van der Waals surface area (Å²) in [7, 11) is 0. The van der Waals surface area contributed by atoms with E-state index in [2.05, 4.69) is 11.9 Å². The van der Waals surface area contributed by atoms with Crippen LogP contribution in [0, 0.1) is 0 Å². The molecule has 1 aromatic carbocycles. The number of thiazole rings is 1. The Labute approximate surface area is 74.5 Å². The maximum atomic E-state index is 9.45. The summed E-state index contributed by atoms with van der Waals surface area (Å²) in [4.78, 5) is 4.35. The Kier molecular flexibility index (Phi) is 1.73. The Hall–Kier alpha value is -1.09. The lowest BCUT2D eigenvalue weighted by atomic mass is 10.3. The van der Waals surface area contributed by atoms with Gasteiger partial charge in [0, 0.05) is 0 Å². The second kappa shape index (κ2) is 2.75. The van der Waals surface area contributed by atoms with Crippen LogP contribution in [0.25, 0.3) is 10.2 Å². The van der Waals surface area contributed by atoms with E-state index >= 15 is 0 Å². The Morgan fingerprint density at radius 3 is 3.00 bits per heavy atom. The molecule has 0 saturated heterocycles. The van der Waals surface area contributed by atoms with Gasteiger partial charge in [0.05, 0.1) is 15.2 Å². The van der Waals surface area contributed by atoms with Gasteiger partial charge in [-0.1, -0.05) is 13.0 Å². The molecule has 0 amide bonds. The van der Waals surface area contributed by atoms with Gasteiger partial charge in [-0.15, -0.1) is 11.3 Å². The van der Waals surface area contributed by atoms with Crippen LogP contribution in [-0.4, -0.2) is 10.1 Å². The van der Waals surface area contributed by atoms with E-state index < -0.39 is 0 Å². The first-order chi connectivity index (χ1) is 5.81. The van der Waals surface area contributed by atoms with Crippen molar-refractivity contribution in [2.45, 2.75) is 13.3 Å². The summed E-state index contributed by atoms with van der Waals surface area (Å²) in [5.74, 6) is 0.338. The monoisotopic (exact) mass is 179 g/mol. The van der Waals surface area contributed by atoms with Crippen LogP contribution < -0.4 is 0 Å². The van der Waals surface area contributed by atoms with E-state index in [0.29, 0.717) is 5.75 Å². The molecule has 0 radical (unpaired) electrons. The quantitative estimate of drug-likeness (QED) is 0.729. The molecule has 1 N–H and O–H groups in total. The van der Waals surface area contributed by atoms with Crippen LogP contribution in [0.3, 0.4) is 0 Å². The standard InChI is InChI=1S/C9H9NOS/c1-2-8-10-6-4-3-5-7(11)9(6)12-8/h3-5,11H,2H2,1H3. The number of aromatic hydroxyl groups is 1. The van der Waals surface area contributed by atoms with Crippen molar-refractivity contribution < 1.29 is 5.11 Å². The number of hydrogen-bond acceptors (Lipinski definition) is 3. The van der Waals surface area contributed by atoms with Gasteiger partial charge >= 0.3 is 0 Å². The Balaban J connectivity index is 2.74. The summed E-state index contributed by atoms with van der Waals surface area (Å²) in [5.41, 5.74) is 0.900. The number of rotatable bonds is 1. The first kappa shape index (κ1) is 7.55. The van der Waals surface area contributed by atoms with Crippen LogP contribution in [0.15, 0.2) is 18.2 Å². The van der Waals surface area contributed by atoms with Gasteiger partial charge < -0.3 is 5.11 Å². The maximum Gasteiger partial charge on any atom is 0.135 e. The number of fused-ring (bicyclic) bond motifs is 1. The summed E-state index contributed by atoms with van der Waals surface area (Å²) in [6.45, 7) is 2.06. The molecule has 1 aromatic heterocycles. The fraction of sp³-hybridized carbons (Fsp3) is 0.222. The first-order valence-corrected chi connectivity index (χ1v) is 4.70. The Morgan fingerprint density at radius 2 is 2.33 bits per heavy atom. The van der Waals surface area contributed by atoms with Crippen molar-refractivity contribution in [1.82, 2.24) is 4.98 Å². The molecular weight excluding hydrogens is 170 g/mol. The second-order valence-electron chi connectivity index (χ2n) is 2.59. The average Bonchev–Trinajstić information content (AvgIpc) is 2.49. The topological polar surface area (TPSA) is 33.1 Å². The SMILES string of the molecule is CCc1nc2cccc(O)c2s1. The molecule has 0 unspecified atom stereocenters. The van der Waals surface area contributed by atoms with E-state index in [9.17, 15) is 5.11 Å². The van der Waals surface area contributed by atoms with Gasteiger partial charge in [-0.3, -0.25) is 0 Å². The fourth-order valence-electron chi connectivity index (χ4n) is 1.13. The molecule has 2 aromatic rings. The Bertz CT molecular complexity index is 408. The minimum Gasteiger partial charge on any atom is -0.506 e. The van der Waals surface area contributed by atoms with E-state index in [-0.39, 0.29) is 0 Å². The summed E-state index contributed by atoms with van der Waals surface area (Å²) >= 11 is 1.56. The zero-order valence-electron chi connectivity index (χ0n) is 6.74. The van der Waals surface area contributed by atoms with Crippen LogP contribution >= 0.6 is 11.3 Å². The van der Waals surface area contributed by atoms with Crippen molar-refractivity contribution in [2.24, 2.45) is 0 Å². The molecule has 0 saturated carbocycles. The van der Waals surface area contributed by atoms with Gasteiger partial charge in [0.15, 0.2) is 0 Å². The number of hydrogen-bond donors (Lipinski definition) is 1. The smallest absolute Gasteiger partial charge is 0.135 e. The van der Waals surface area contributed by atoms with Crippen LogP contribution in [0.2, 0.25) is 0 Å². The molecule has 1 heterocycles. The number of aromatic nitrogens is 1. The molecular formula is C9H9NOS. The van der Waals surface area contributed by atoms with E-state index in [4.69, 9.17) is 0 Å². The normalized spacial score (nSPS) is 10.8. The van der Waals surface area contributed by atoms with Crippen LogP contribution in [0.4, 0.5) is 0 Å². The molecule has 0 bridgehead atoms. The van der Waals surface area contributed by atoms with Gasteiger partial charge in [-0.05, 0) is 18.6 Å². The third-order valence-corrected chi connectivity index (χ3v) is 2.98. The van der Waals surface area contributed by atoms with Crippen molar-refractivity contribution in [1.29, 1.82) is 0 Å². The summed E-state index contributed by atoms with van der Waals surface area (Å²) in [6, 6.07) is 5.43. The number of aryl methyl sites for hydroxylation is 1. The zero-order chi connectivity index (χ0) is 8.55. The third kappa shape index (κ3) is 1.06. The lowest BCUT2D eigenvalue weighted by Crippen LogP contribution is -1.73. The highest BCUT2D eigenvalue weighted by atomic mass is 32.1. The largest absolute Gasteiger partial charge is 0.506 e. The highest BCUT2D eigenvalue weighted by Crippen LogP contribution is 2.29. The maximum absolute atomic E-state index is 9.45. The van der Waals surface area contributed by atoms with Gasteiger partial charge in [-0.25, -0.2) is 4.98 Å². The molecule has 0 spiro atoms. The molecule has 62 valence electrons. The number of phenolic OH excluding ortho intramolecular Hbond substituents is 1. The highest BCUT2D eigenvalue weighted by Gasteiger charge is 2.04. The van der Waals surface area contributed by atoms with E-state index in [1.807, 2.05) is 12.1 Å². The van der Waals surface area contributed by atoms with Crippen molar-refractivity contribution in [2.75, 3.05) is 0 Å². The van der Waals surface area contributed by atoms with Gasteiger partial charge in [0.25, 0.3) is 0 Å². The number of phenols is 1. The molecule has 12 heavy (non-hydrogen) atoms. The van der Waals surface area contributed by atoms with Gasteiger partial charge in [0.1, 0.15) is 5.75 Å². The summed E-state index contributed by atoms with van der Waals surface area (Å²) in [6.07, 6.45) is 0.929. The molecule has 0 fully saturated rings. The van der Waals surface area contributed by atoms with Crippen molar-refractivity contribution >= 4 is 21.6 Å². The minimum atomic E-state index is 0.338. The molecule has 0 aliphatic carbocycles. The summed E-state index contributed by atoms with van der Waals surface area (Å²) < 4.78 is 0.898. The third-order valence-electron chi connectivity index (χ3n) is 1.74. The van der Waals surface area contributed by atoms with E-state index in [1.165, 1.54) is 0 Å². The van der Waals surface area contributed by atoms with E-state index in [0.717, 1.165) is 21.6 Å². The minimum absolute atomic E-state index is 0.338. The second-order valence-corrected chi connectivity index (χ2v) is 3.67.